The van der Waals surface area contributed by atoms with Crippen molar-refractivity contribution in [2.45, 2.75) is 23.6 Å². The highest BCUT2D eigenvalue weighted by atomic mass is 32.2. The zero-order valence-corrected chi connectivity index (χ0v) is 19.4. The van der Waals surface area contributed by atoms with Gasteiger partial charge in [0.15, 0.2) is 5.78 Å². The van der Waals surface area contributed by atoms with Crippen molar-refractivity contribution < 1.29 is 27.1 Å². The first-order chi connectivity index (χ1) is 16.3. The number of carbonyl (C=O) groups is 1. The normalized spacial score (nSPS) is 11.4. The van der Waals surface area contributed by atoms with Crippen LogP contribution in [0.3, 0.4) is 0 Å². The molecule has 8 heteroatoms. The number of sulfone groups is 1. The third kappa shape index (κ3) is 4.49. The van der Waals surface area contributed by atoms with E-state index in [0.717, 1.165) is 6.07 Å². The Morgan fingerprint density at radius 2 is 1.47 bits per heavy atom. The predicted octanol–water partition coefficient (Wildman–Crippen LogP) is 5.24. The average Bonchev–Trinajstić information content (AvgIpc) is 2.84. The molecular weight excluding hydrogens is 457 g/mol. The Morgan fingerprint density at radius 1 is 0.882 bits per heavy atom. The number of benzene rings is 3. The maximum Gasteiger partial charge on any atom is 0.208 e. The number of ketones is 1. The molecule has 6 nitrogen and oxygen atoms in total. The standard InChI is InChI=1S/C26H22FNO5S/c1-3-32-19-8-5-17(6-9-19)25(29)23-16-28-24-14-7-18(27)15-22(24)26(23)34(30,31)21-12-10-20(11-13-21)33-4-2/h5-16H,3-4H2,1-2H3. The molecule has 0 saturated heterocycles. The van der Waals surface area contributed by atoms with Crippen molar-refractivity contribution in [3.05, 3.63) is 89.9 Å². The van der Waals surface area contributed by atoms with Gasteiger partial charge in [0.05, 0.1) is 34.1 Å². The Kier molecular flexibility index (Phi) is 6.61. The lowest BCUT2D eigenvalue weighted by Gasteiger charge is -2.14. The van der Waals surface area contributed by atoms with E-state index in [1.807, 2.05) is 13.8 Å². The SMILES string of the molecule is CCOc1ccc(C(=O)c2cnc3ccc(F)cc3c2S(=O)(=O)c2ccc(OCC)cc2)cc1. The van der Waals surface area contributed by atoms with Crippen molar-refractivity contribution >= 4 is 26.5 Å². The molecule has 0 spiro atoms. The Hall–Kier alpha value is -3.78. The van der Waals surface area contributed by atoms with Crippen LogP contribution in [0, 0.1) is 5.82 Å². The van der Waals surface area contributed by atoms with E-state index in [2.05, 4.69) is 4.98 Å². The number of nitrogens with zero attached hydrogens (tertiary/aromatic N) is 1. The summed E-state index contributed by atoms with van der Waals surface area (Å²) >= 11 is 0. The number of rotatable bonds is 8. The van der Waals surface area contributed by atoms with Crippen LogP contribution in [0.1, 0.15) is 29.8 Å². The molecule has 3 aromatic carbocycles. The Bertz CT molecular complexity index is 1450. The number of carbonyl (C=O) groups excluding carboxylic acids is 1. The molecule has 1 heterocycles. The molecule has 0 atom stereocenters. The minimum absolute atomic E-state index is 0.0330. The maximum atomic E-state index is 14.2. The van der Waals surface area contributed by atoms with E-state index in [4.69, 9.17) is 9.47 Å². The smallest absolute Gasteiger partial charge is 0.208 e. The van der Waals surface area contributed by atoms with E-state index < -0.39 is 21.4 Å². The van der Waals surface area contributed by atoms with E-state index in [-0.39, 0.29) is 31.8 Å². The highest BCUT2D eigenvalue weighted by Crippen LogP contribution is 2.33. The monoisotopic (exact) mass is 479 g/mol. The summed E-state index contributed by atoms with van der Waals surface area (Å²) in [4.78, 5) is 17.3. The first-order valence-electron chi connectivity index (χ1n) is 10.7. The molecule has 34 heavy (non-hydrogen) atoms. The Morgan fingerprint density at radius 3 is 2.06 bits per heavy atom. The highest BCUT2D eigenvalue weighted by Gasteiger charge is 2.29. The van der Waals surface area contributed by atoms with Crippen LogP contribution in [0.5, 0.6) is 11.5 Å². The van der Waals surface area contributed by atoms with Crippen LogP contribution in [-0.2, 0) is 9.84 Å². The fourth-order valence-electron chi connectivity index (χ4n) is 3.62. The van der Waals surface area contributed by atoms with Crippen molar-refractivity contribution in [3.8, 4) is 11.5 Å². The van der Waals surface area contributed by atoms with E-state index in [0.29, 0.717) is 24.7 Å². The van der Waals surface area contributed by atoms with Gasteiger partial charge >= 0.3 is 0 Å². The molecule has 4 rings (SSSR count). The summed E-state index contributed by atoms with van der Waals surface area (Å²) in [5, 5.41) is 0.0330. The van der Waals surface area contributed by atoms with Crippen LogP contribution >= 0.6 is 0 Å². The number of aromatic nitrogens is 1. The van der Waals surface area contributed by atoms with Gasteiger partial charge in [-0.1, -0.05) is 0 Å². The summed E-state index contributed by atoms with van der Waals surface area (Å²) in [6.07, 6.45) is 1.22. The van der Waals surface area contributed by atoms with Crippen LogP contribution in [0.15, 0.2) is 82.7 Å². The van der Waals surface area contributed by atoms with Crippen molar-refractivity contribution in [3.63, 3.8) is 0 Å². The summed E-state index contributed by atoms with van der Waals surface area (Å²) in [5.41, 5.74) is 0.370. The molecule has 0 fully saturated rings. The van der Waals surface area contributed by atoms with Gasteiger partial charge in [0, 0.05) is 17.1 Å². The largest absolute Gasteiger partial charge is 0.494 e. The molecular formula is C26H22FNO5S. The molecule has 0 N–H and O–H groups in total. The summed E-state index contributed by atoms with van der Waals surface area (Å²) in [5.74, 6) is -0.0907. The Labute approximate surface area is 196 Å². The predicted molar refractivity (Wildman–Crippen MR) is 126 cm³/mol. The second-order valence-corrected chi connectivity index (χ2v) is 9.24. The maximum absolute atomic E-state index is 14.2. The zero-order chi connectivity index (χ0) is 24.3. The van der Waals surface area contributed by atoms with Crippen LogP contribution in [0.4, 0.5) is 4.39 Å². The molecule has 4 aromatic rings. The van der Waals surface area contributed by atoms with Gasteiger partial charge in [0.1, 0.15) is 17.3 Å². The van der Waals surface area contributed by atoms with Crippen LogP contribution in [0.25, 0.3) is 10.9 Å². The topological polar surface area (TPSA) is 82.6 Å². The van der Waals surface area contributed by atoms with Gasteiger partial charge in [-0.3, -0.25) is 9.78 Å². The van der Waals surface area contributed by atoms with E-state index in [1.165, 1.54) is 42.6 Å². The summed E-state index contributed by atoms with van der Waals surface area (Å²) in [7, 11) is -4.22. The van der Waals surface area contributed by atoms with Crippen LogP contribution < -0.4 is 9.47 Å². The third-order valence-corrected chi connectivity index (χ3v) is 7.04. The lowest BCUT2D eigenvalue weighted by Crippen LogP contribution is -2.13. The van der Waals surface area contributed by atoms with Crippen LogP contribution in [-0.4, -0.2) is 32.4 Å². The molecule has 0 radical (unpaired) electrons. The molecule has 174 valence electrons. The van der Waals surface area contributed by atoms with Crippen molar-refractivity contribution in [2.75, 3.05) is 13.2 Å². The third-order valence-electron chi connectivity index (χ3n) is 5.17. The highest BCUT2D eigenvalue weighted by molar-refractivity contribution is 7.91. The number of halogens is 1. The van der Waals surface area contributed by atoms with Crippen LogP contribution in [0.2, 0.25) is 0 Å². The van der Waals surface area contributed by atoms with Gasteiger partial charge in [0.25, 0.3) is 0 Å². The van der Waals surface area contributed by atoms with Crippen molar-refractivity contribution in [1.29, 1.82) is 0 Å². The van der Waals surface area contributed by atoms with Gasteiger partial charge in [-0.2, -0.15) is 0 Å². The van der Waals surface area contributed by atoms with E-state index in [9.17, 15) is 17.6 Å². The first kappa shape index (κ1) is 23.4. The molecule has 0 amide bonds. The van der Waals surface area contributed by atoms with Crippen molar-refractivity contribution in [1.82, 2.24) is 4.98 Å². The Balaban J connectivity index is 1.90. The molecule has 0 aliphatic rings. The summed E-state index contributed by atoms with van der Waals surface area (Å²) in [6.45, 7) is 4.57. The molecule has 0 aliphatic carbocycles. The number of pyridine rings is 1. The molecule has 0 unspecified atom stereocenters. The van der Waals surface area contributed by atoms with Gasteiger partial charge in [-0.25, -0.2) is 12.8 Å². The molecule has 1 aromatic heterocycles. The van der Waals surface area contributed by atoms with Gasteiger partial charge < -0.3 is 9.47 Å². The molecule has 0 aliphatic heterocycles. The van der Waals surface area contributed by atoms with Gasteiger partial charge in [0.2, 0.25) is 9.84 Å². The second-order valence-electron chi connectivity index (χ2n) is 7.36. The quantitative estimate of drug-likeness (QED) is 0.322. The van der Waals surface area contributed by atoms with E-state index >= 15 is 0 Å². The minimum atomic E-state index is -4.22. The van der Waals surface area contributed by atoms with E-state index in [1.54, 1.807) is 24.3 Å². The number of hydrogen-bond donors (Lipinski definition) is 0. The second kappa shape index (κ2) is 9.61. The number of fused-ring (bicyclic) bond motifs is 1. The molecule has 0 saturated carbocycles. The fraction of sp³-hybridized carbons (Fsp3) is 0.154. The average molecular weight is 480 g/mol. The summed E-state index contributed by atoms with van der Waals surface area (Å²) < 4.78 is 52.5. The zero-order valence-electron chi connectivity index (χ0n) is 18.6. The number of ether oxygens (including phenoxy) is 2. The lowest BCUT2D eigenvalue weighted by molar-refractivity contribution is 0.103. The molecule has 0 bridgehead atoms. The first-order valence-corrected chi connectivity index (χ1v) is 12.2. The van der Waals surface area contributed by atoms with Crippen molar-refractivity contribution in [2.24, 2.45) is 0 Å². The fourth-order valence-corrected chi connectivity index (χ4v) is 5.23. The van der Waals surface area contributed by atoms with Gasteiger partial charge in [-0.15, -0.1) is 0 Å². The lowest BCUT2D eigenvalue weighted by atomic mass is 10.0. The minimum Gasteiger partial charge on any atom is -0.494 e. The van der Waals surface area contributed by atoms with Gasteiger partial charge in [-0.05, 0) is 80.6 Å². The number of hydrogen-bond acceptors (Lipinski definition) is 6. The summed E-state index contributed by atoms with van der Waals surface area (Å²) in [6, 6.07) is 15.9.